The first-order chi connectivity index (χ1) is 10.7. The van der Waals surface area contributed by atoms with Crippen LogP contribution in [0.4, 0.5) is 5.69 Å². The van der Waals surface area contributed by atoms with Gasteiger partial charge in [-0.2, -0.15) is 0 Å². The van der Waals surface area contributed by atoms with Crippen LogP contribution in [0.5, 0.6) is 0 Å². The predicted octanol–water partition coefficient (Wildman–Crippen LogP) is -0.681. The van der Waals surface area contributed by atoms with E-state index >= 15 is 0 Å². The van der Waals surface area contributed by atoms with E-state index in [0.717, 1.165) is 4.90 Å². The van der Waals surface area contributed by atoms with Crippen LogP contribution in [-0.2, 0) is 9.59 Å². The van der Waals surface area contributed by atoms with Gasteiger partial charge in [-0.05, 0) is 29.5 Å². The number of nitrogens with zero attached hydrogens (tertiary/aromatic N) is 5. The van der Waals surface area contributed by atoms with Gasteiger partial charge in [-0.15, -0.1) is 15.0 Å². The Balaban J connectivity index is 1.73. The smallest absolute Gasteiger partial charge is 0.277 e. The average Bonchev–Trinajstić information content (AvgIpc) is 3.13. The van der Waals surface area contributed by atoms with Gasteiger partial charge in [-0.25, -0.2) is 0 Å². The molecule has 0 aliphatic carbocycles. The van der Waals surface area contributed by atoms with Crippen molar-refractivity contribution in [2.24, 2.45) is 0 Å². The number of rotatable bonds is 5. The summed E-state index contributed by atoms with van der Waals surface area (Å²) in [6, 6.07) is 6.95. The zero-order chi connectivity index (χ0) is 15.5. The third-order valence-electron chi connectivity index (χ3n) is 3.06. The number of anilines is 1. The van der Waals surface area contributed by atoms with E-state index < -0.39 is 11.8 Å². The summed E-state index contributed by atoms with van der Waals surface area (Å²) in [7, 11) is 0. The number of imide groups is 1. The van der Waals surface area contributed by atoms with Gasteiger partial charge >= 0.3 is 0 Å². The van der Waals surface area contributed by atoms with Gasteiger partial charge in [-0.1, -0.05) is 0 Å². The molecule has 22 heavy (non-hydrogen) atoms. The van der Waals surface area contributed by atoms with Crippen LogP contribution in [0.25, 0.3) is 5.69 Å². The van der Waals surface area contributed by atoms with Crippen molar-refractivity contribution in [3.05, 3.63) is 42.4 Å². The Labute approximate surface area is 124 Å². The Morgan fingerprint density at radius 1 is 1.18 bits per heavy atom. The molecule has 112 valence electrons. The second-order valence-corrected chi connectivity index (χ2v) is 4.47. The first-order valence-electron chi connectivity index (χ1n) is 6.48. The van der Waals surface area contributed by atoms with Gasteiger partial charge in [0, 0.05) is 11.8 Å². The summed E-state index contributed by atoms with van der Waals surface area (Å²) in [5.74, 6) is -0.897. The largest absolute Gasteiger partial charge is 0.395 e. The fraction of sp³-hybridized carbons (Fsp3) is 0.154. The van der Waals surface area contributed by atoms with Crippen molar-refractivity contribution in [3.63, 3.8) is 0 Å². The van der Waals surface area contributed by atoms with Crippen molar-refractivity contribution in [2.45, 2.75) is 0 Å². The molecule has 9 heteroatoms. The Morgan fingerprint density at radius 3 is 2.59 bits per heavy atom. The summed E-state index contributed by atoms with van der Waals surface area (Å²) in [6.45, 7) is -0.283. The number of benzene rings is 1. The lowest BCUT2D eigenvalue weighted by Crippen LogP contribution is -2.34. The van der Waals surface area contributed by atoms with E-state index in [-0.39, 0.29) is 18.8 Å². The van der Waals surface area contributed by atoms with E-state index in [2.05, 4.69) is 20.7 Å². The van der Waals surface area contributed by atoms with E-state index in [1.807, 2.05) is 0 Å². The molecule has 1 aliphatic rings. The van der Waals surface area contributed by atoms with Gasteiger partial charge in [0.2, 0.25) is 0 Å². The number of β-amino-alcohol motifs (C(OH)–C–C–N with tert-alkyl or cyclic N) is 1. The lowest BCUT2D eigenvalue weighted by atomic mass is 10.2. The zero-order valence-corrected chi connectivity index (χ0v) is 11.4. The maximum absolute atomic E-state index is 12.0. The van der Waals surface area contributed by atoms with E-state index in [1.54, 1.807) is 24.3 Å². The Hall–Kier alpha value is -3.07. The standard InChI is InChI=1S/C13H12N6O3/c20-6-5-18-12(21)7-11(13(18)22)16-9-1-3-10(4-2-9)19-15-8-14-17-19/h1-4,7-8,16,20H,5-6H2. The number of carbonyl (C=O) groups excluding carboxylic acids is 2. The number of amides is 2. The number of tetrazole rings is 1. The van der Waals surface area contributed by atoms with E-state index in [4.69, 9.17) is 5.11 Å². The first kappa shape index (κ1) is 13.9. The number of nitrogens with one attached hydrogen (secondary N) is 1. The molecule has 0 bridgehead atoms. The molecular formula is C13H12N6O3. The number of carbonyl (C=O) groups is 2. The highest BCUT2D eigenvalue weighted by molar-refractivity contribution is 6.17. The van der Waals surface area contributed by atoms with Crippen LogP contribution in [0.15, 0.2) is 42.4 Å². The Kier molecular flexibility index (Phi) is 3.62. The molecule has 3 rings (SSSR count). The normalized spacial score (nSPS) is 14.4. The highest BCUT2D eigenvalue weighted by atomic mass is 16.3. The highest BCUT2D eigenvalue weighted by Crippen LogP contribution is 2.18. The Morgan fingerprint density at radius 2 is 1.95 bits per heavy atom. The second-order valence-electron chi connectivity index (χ2n) is 4.47. The number of aromatic nitrogens is 4. The van der Waals surface area contributed by atoms with Crippen LogP contribution >= 0.6 is 0 Å². The van der Waals surface area contributed by atoms with Crippen LogP contribution in [0, 0.1) is 0 Å². The molecule has 0 saturated heterocycles. The van der Waals surface area contributed by atoms with E-state index in [0.29, 0.717) is 11.4 Å². The molecule has 0 spiro atoms. The van der Waals surface area contributed by atoms with E-state index in [1.165, 1.54) is 17.2 Å². The van der Waals surface area contributed by atoms with Gasteiger partial charge in [0.1, 0.15) is 5.70 Å². The lowest BCUT2D eigenvalue weighted by molar-refractivity contribution is -0.137. The van der Waals surface area contributed by atoms with Crippen LogP contribution < -0.4 is 5.32 Å². The van der Waals surface area contributed by atoms with Crippen molar-refractivity contribution in [3.8, 4) is 5.69 Å². The average molecular weight is 300 g/mol. The van der Waals surface area contributed by atoms with Crippen LogP contribution in [0.1, 0.15) is 0 Å². The fourth-order valence-electron chi connectivity index (χ4n) is 2.03. The SMILES string of the molecule is O=C1C=C(Nc2ccc(-n3ncnn3)cc2)C(=O)N1CCO. The van der Waals surface area contributed by atoms with Crippen molar-refractivity contribution >= 4 is 17.5 Å². The highest BCUT2D eigenvalue weighted by Gasteiger charge is 2.30. The summed E-state index contributed by atoms with van der Waals surface area (Å²) in [4.78, 5) is 26.0. The van der Waals surface area contributed by atoms with Gasteiger partial charge in [0.15, 0.2) is 6.33 Å². The van der Waals surface area contributed by atoms with Crippen LogP contribution in [-0.4, -0.2) is 55.2 Å². The van der Waals surface area contributed by atoms with Crippen molar-refractivity contribution in [1.29, 1.82) is 0 Å². The van der Waals surface area contributed by atoms with Crippen molar-refractivity contribution in [2.75, 3.05) is 18.5 Å². The summed E-state index contributed by atoms with van der Waals surface area (Å²) in [5.41, 5.74) is 1.53. The fourth-order valence-corrected chi connectivity index (χ4v) is 2.03. The molecular weight excluding hydrogens is 288 g/mol. The third-order valence-corrected chi connectivity index (χ3v) is 3.06. The van der Waals surface area contributed by atoms with Gasteiger partial charge in [-0.3, -0.25) is 14.5 Å². The minimum absolute atomic E-state index is 0.0176. The summed E-state index contributed by atoms with van der Waals surface area (Å²) >= 11 is 0. The third kappa shape index (κ3) is 2.56. The Bertz CT molecular complexity index is 723. The first-order valence-corrected chi connectivity index (χ1v) is 6.48. The quantitative estimate of drug-likeness (QED) is 0.703. The monoisotopic (exact) mass is 300 g/mol. The number of hydrogen-bond donors (Lipinski definition) is 2. The summed E-state index contributed by atoms with van der Waals surface area (Å²) in [5, 5.41) is 23.0. The zero-order valence-electron chi connectivity index (χ0n) is 11.4. The molecule has 9 nitrogen and oxygen atoms in total. The second kappa shape index (κ2) is 5.74. The van der Waals surface area contributed by atoms with Gasteiger partial charge < -0.3 is 10.4 Å². The lowest BCUT2D eigenvalue weighted by Gasteiger charge is -2.13. The summed E-state index contributed by atoms with van der Waals surface area (Å²) < 4.78 is 0. The number of aliphatic hydroxyl groups is 1. The minimum Gasteiger partial charge on any atom is -0.395 e. The molecule has 0 fully saturated rings. The molecule has 2 N–H and O–H groups in total. The van der Waals surface area contributed by atoms with Crippen molar-refractivity contribution in [1.82, 2.24) is 25.1 Å². The van der Waals surface area contributed by atoms with Gasteiger partial charge in [0.05, 0.1) is 18.8 Å². The summed E-state index contributed by atoms with van der Waals surface area (Å²) in [6.07, 6.45) is 2.54. The molecule has 0 radical (unpaired) electrons. The molecule has 0 unspecified atom stereocenters. The maximum Gasteiger partial charge on any atom is 0.277 e. The predicted molar refractivity (Wildman–Crippen MR) is 74.7 cm³/mol. The van der Waals surface area contributed by atoms with Crippen LogP contribution in [0.3, 0.4) is 0 Å². The molecule has 1 aromatic heterocycles. The van der Waals surface area contributed by atoms with E-state index in [9.17, 15) is 9.59 Å². The molecule has 2 heterocycles. The number of aliphatic hydroxyl groups excluding tert-OH is 1. The topological polar surface area (TPSA) is 113 Å². The maximum atomic E-state index is 12.0. The molecule has 0 atom stereocenters. The van der Waals surface area contributed by atoms with Gasteiger partial charge in [0.25, 0.3) is 11.8 Å². The molecule has 0 saturated carbocycles. The number of hydrogen-bond acceptors (Lipinski definition) is 7. The molecule has 2 amide bonds. The minimum atomic E-state index is -0.457. The molecule has 2 aromatic rings. The molecule has 1 aliphatic heterocycles. The van der Waals surface area contributed by atoms with Crippen LogP contribution in [0.2, 0.25) is 0 Å². The molecule has 1 aromatic carbocycles. The van der Waals surface area contributed by atoms with Crippen molar-refractivity contribution < 1.29 is 14.7 Å².